The van der Waals surface area contributed by atoms with Gasteiger partial charge in [0.15, 0.2) is 5.78 Å². The number of carbonyl (C=O) groups excluding carboxylic acids is 2. The number of hydrogen-bond acceptors (Lipinski definition) is 5. The van der Waals surface area contributed by atoms with E-state index in [0.717, 1.165) is 16.3 Å². The van der Waals surface area contributed by atoms with Gasteiger partial charge in [-0.15, -0.1) is 22.7 Å². The summed E-state index contributed by atoms with van der Waals surface area (Å²) in [5.74, 6) is -0.255. The van der Waals surface area contributed by atoms with Gasteiger partial charge in [-0.2, -0.15) is 0 Å². The standard InChI is InChI=1S/C18H15ClN2O2S2/c1-11-20-14(10-24-11)12-2-4-13(5-3-12)21-18(23)9-6-15(22)16-7-8-17(19)25-16/h2-5,7-8,10H,6,9H2,1H3,(H,21,23). The molecule has 2 heterocycles. The van der Waals surface area contributed by atoms with Crippen molar-refractivity contribution in [2.24, 2.45) is 0 Å². The molecule has 3 aromatic rings. The van der Waals surface area contributed by atoms with Gasteiger partial charge < -0.3 is 5.32 Å². The predicted molar refractivity (Wildman–Crippen MR) is 104 cm³/mol. The number of thiazole rings is 1. The Morgan fingerprint density at radius 3 is 2.48 bits per heavy atom. The number of carbonyl (C=O) groups is 2. The van der Waals surface area contributed by atoms with Crippen molar-refractivity contribution in [3.05, 3.63) is 56.0 Å². The van der Waals surface area contributed by atoms with Crippen molar-refractivity contribution < 1.29 is 9.59 Å². The first-order chi connectivity index (χ1) is 12.0. The lowest BCUT2D eigenvalue weighted by Gasteiger charge is -2.05. The number of hydrogen-bond donors (Lipinski definition) is 1. The molecule has 0 fully saturated rings. The number of halogens is 1. The van der Waals surface area contributed by atoms with E-state index in [1.807, 2.05) is 36.6 Å². The van der Waals surface area contributed by atoms with E-state index >= 15 is 0 Å². The zero-order valence-electron chi connectivity index (χ0n) is 13.4. The number of anilines is 1. The second kappa shape index (κ2) is 7.91. The van der Waals surface area contributed by atoms with Crippen LogP contribution in [0.25, 0.3) is 11.3 Å². The van der Waals surface area contributed by atoms with Crippen molar-refractivity contribution in [1.29, 1.82) is 0 Å². The van der Waals surface area contributed by atoms with Gasteiger partial charge in [0.1, 0.15) is 0 Å². The summed E-state index contributed by atoms with van der Waals surface area (Å²) in [6.07, 6.45) is 0.306. The Morgan fingerprint density at radius 1 is 1.12 bits per heavy atom. The summed E-state index contributed by atoms with van der Waals surface area (Å²) in [6, 6.07) is 10.9. The van der Waals surface area contributed by atoms with Crippen molar-refractivity contribution in [3.8, 4) is 11.3 Å². The third kappa shape index (κ3) is 4.75. The number of ketones is 1. The molecule has 3 rings (SSSR count). The van der Waals surface area contributed by atoms with Crippen LogP contribution in [0.5, 0.6) is 0 Å². The first-order valence-corrected chi connectivity index (χ1v) is 9.69. The Bertz CT molecular complexity index is 900. The third-order valence-corrected chi connectivity index (χ3v) is 5.56. The third-order valence-electron chi connectivity index (χ3n) is 3.51. The second-order valence-corrected chi connectivity index (χ2v) is 8.18. The molecule has 0 saturated carbocycles. The Labute approximate surface area is 158 Å². The molecule has 0 saturated heterocycles. The van der Waals surface area contributed by atoms with Crippen LogP contribution in [-0.2, 0) is 4.79 Å². The number of nitrogens with zero attached hydrogens (tertiary/aromatic N) is 1. The van der Waals surface area contributed by atoms with Gasteiger partial charge in [-0.3, -0.25) is 9.59 Å². The SMILES string of the molecule is Cc1nc(-c2ccc(NC(=O)CCC(=O)c3ccc(Cl)s3)cc2)cs1. The van der Waals surface area contributed by atoms with Crippen LogP contribution in [0.1, 0.15) is 27.5 Å². The van der Waals surface area contributed by atoms with E-state index in [1.165, 1.54) is 11.3 Å². The summed E-state index contributed by atoms with van der Waals surface area (Å²) >= 11 is 8.65. The first kappa shape index (κ1) is 17.8. The number of rotatable bonds is 6. The van der Waals surface area contributed by atoms with Crippen LogP contribution in [-0.4, -0.2) is 16.7 Å². The molecular formula is C18H15ClN2O2S2. The van der Waals surface area contributed by atoms with E-state index in [0.29, 0.717) is 14.9 Å². The maximum atomic E-state index is 12.0. The molecule has 0 aliphatic heterocycles. The zero-order chi connectivity index (χ0) is 17.8. The fourth-order valence-corrected chi connectivity index (χ4v) is 3.89. The molecule has 0 unspecified atom stereocenters. The summed E-state index contributed by atoms with van der Waals surface area (Å²) < 4.78 is 0.572. The normalized spacial score (nSPS) is 10.6. The van der Waals surface area contributed by atoms with Crippen LogP contribution in [0.15, 0.2) is 41.8 Å². The van der Waals surface area contributed by atoms with E-state index in [2.05, 4.69) is 10.3 Å². The van der Waals surface area contributed by atoms with E-state index in [1.54, 1.807) is 23.5 Å². The average Bonchev–Trinajstić information content (AvgIpc) is 3.22. The van der Waals surface area contributed by atoms with Crippen LogP contribution in [0, 0.1) is 6.92 Å². The monoisotopic (exact) mass is 390 g/mol. The Kier molecular flexibility index (Phi) is 5.63. The van der Waals surface area contributed by atoms with Gasteiger partial charge in [0.2, 0.25) is 5.91 Å². The first-order valence-electron chi connectivity index (χ1n) is 7.62. The molecule has 7 heteroatoms. The lowest BCUT2D eigenvalue weighted by atomic mass is 10.1. The highest BCUT2D eigenvalue weighted by atomic mass is 35.5. The Morgan fingerprint density at radius 2 is 1.88 bits per heavy atom. The smallest absolute Gasteiger partial charge is 0.224 e. The summed E-state index contributed by atoms with van der Waals surface area (Å²) in [4.78, 5) is 29.0. The van der Waals surface area contributed by atoms with E-state index < -0.39 is 0 Å². The van der Waals surface area contributed by atoms with Crippen molar-refractivity contribution >= 4 is 51.7 Å². The van der Waals surface area contributed by atoms with Crippen LogP contribution >= 0.6 is 34.3 Å². The topological polar surface area (TPSA) is 59.1 Å². The van der Waals surface area contributed by atoms with Gasteiger partial charge in [-0.1, -0.05) is 23.7 Å². The maximum absolute atomic E-state index is 12.0. The molecule has 0 aliphatic carbocycles. The van der Waals surface area contributed by atoms with Crippen molar-refractivity contribution in [2.45, 2.75) is 19.8 Å². The van der Waals surface area contributed by atoms with E-state index in [4.69, 9.17) is 11.6 Å². The number of aryl methyl sites for hydroxylation is 1. The highest BCUT2D eigenvalue weighted by Crippen LogP contribution is 2.24. The average molecular weight is 391 g/mol. The molecule has 4 nitrogen and oxygen atoms in total. The zero-order valence-corrected chi connectivity index (χ0v) is 15.8. The second-order valence-electron chi connectivity index (χ2n) is 5.40. The number of nitrogens with one attached hydrogen (secondary N) is 1. The molecule has 128 valence electrons. The Balaban J connectivity index is 1.53. The summed E-state index contributed by atoms with van der Waals surface area (Å²) in [7, 11) is 0. The van der Waals surface area contributed by atoms with Gasteiger partial charge in [0.25, 0.3) is 0 Å². The highest BCUT2D eigenvalue weighted by Gasteiger charge is 2.12. The molecule has 0 atom stereocenters. The van der Waals surface area contributed by atoms with Gasteiger partial charge in [-0.05, 0) is 31.2 Å². The fourth-order valence-electron chi connectivity index (χ4n) is 2.26. The van der Waals surface area contributed by atoms with Crippen molar-refractivity contribution in [2.75, 3.05) is 5.32 Å². The molecule has 0 spiro atoms. The van der Waals surface area contributed by atoms with Gasteiger partial charge in [-0.25, -0.2) is 4.98 Å². The van der Waals surface area contributed by atoms with Crippen LogP contribution in [0.4, 0.5) is 5.69 Å². The molecule has 2 aromatic heterocycles. The lowest BCUT2D eigenvalue weighted by molar-refractivity contribution is -0.116. The lowest BCUT2D eigenvalue weighted by Crippen LogP contribution is -2.13. The molecule has 25 heavy (non-hydrogen) atoms. The Hall–Kier alpha value is -2.02. The number of benzene rings is 1. The molecule has 1 N–H and O–H groups in total. The number of Topliss-reactive ketones (excluding diaryl/α,β-unsaturated/α-hetero) is 1. The largest absolute Gasteiger partial charge is 0.326 e. The van der Waals surface area contributed by atoms with Crippen LogP contribution < -0.4 is 5.32 Å². The summed E-state index contributed by atoms with van der Waals surface area (Å²) in [5.41, 5.74) is 2.64. The summed E-state index contributed by atoms with van der Waals surface area (Å²) in [6.45, 7) is 1.97. The minimum atomic E-state index is -0.187. The number of amides is 1. The summed E-state index contributed by atoms with van der Waals surface area (Å²) in [5, 5.41) is 5.83. The van der Waals surface area contributed by atoms with Gasteiger partial charge >= 0.3 is 0 Å². The maximum Gasteiger partial charge on any atom is 0.224 e. The van der Waals surface area contributed by atoms with Gasteiger partial charge in [0.05, 0.1) is 19.9 Å². The van der Waals surface area contributed by atoms with Crippen LogP contribution in [0.3, 0.4) is 0 Å². The highest BCUT2D eigenvalue weighted by molar-refractivity contribution is 7.18. The molecule has 0 aliphatic rings. The molecule has 0 bridgehead atoms. The van der Waals surface area contributed by atoms with Crippen molar-refractivity contribution in [3.63, 3.8) is 0 Å². The van der Waals surface area contributed by atoms with E-state index in [9.17, 15) is 9.59 Å². The quantitative estimate of drug-likeness (QED) is 0.570. The fraction of sp³-hybridized carbons (Fsp3) is 0.167. The number of thiophene rings is 1. The van der Waals surface area contributed by atoms with Crippen LogP contribution in [0.2, 0.25) is 4.34 Å². The molecule has 0 radical (unpaired) electrons. The van der Waals surface area contributed by atoms with Crippen molar-refractivity contribution in [1.82, 2.24) is 4.98 Å². The van der Waals surface area contributed by atoms with E-state index in [-0.39, 0.29) is 24.5 Å². The van der Waals surface area contributed by atoms with Gasteiger partial charge in [0, 0.05) is 29.5 Å². The predicted octanol–water partition coefficient (Wildman–Crippen LogP) is 5.44. The minimum absolute atomic E-state index is 0.0682. The molecular weight excluding hydrogens is 376 g/mol. The molecule has 1 amide bonds. The molecule has 1 aromatic carbocycles. The number of aromatic nitrogens is 1. The minimum Gasteiger partial charge on any atom is -0.326 e.